The molecule has 3 fully saturated rings. The molecule has 5 heteroatoms. The lowest BCUT2D eigenvalue weighted by atomic mass is 9.69. The SMILES string of the molecule is CC1(C)C2CCC1(C)C(NC(=O)NC1CCC(C(=O)O)CC1)C2. The van der Waals surface area contributed by atoms with E-state index in [0.29, 0.717) is 24.2 Å². The number of rotatable bonds is 3. The summed E-state index contributed by atoms with van der Waals surface area (Å²) in [4.78, 5) is 23.4. The van der Waals surface area contributed by atoms with Gasteiger partial charge >= 0.3 is 12.0 Å². The van der Waals surface area contributed by atoms with Crippen molar-refractivity contribution in [1.29, 1.82) is 0 Å². The molecule has 3 rings (SSSR count). The van der Waals surface area contributed by atoms with Crippen molar-refractivity contribution in [3.8, 4) is 0 Å². The number of nitrogens with one attached hydrogen (secondary N) is 2. The fraction of sp³-hybridized carbons (Fsp3) is 0.889. The second-order valence-corrected chi connectivity index (χ2v) is 8.67. The Morgan fingerprint density at radius 1 is 1.00 bits per heavy atom. The third-order valence-corrected chi connectivity index (χ3v) is 7.51. The third kappa shape index (κ3) is 2.72. The van der Waals surface area contributed by atoms with E-state index in [2.05, 4.69) is 31.4 Å². The number of hydrogen-bond acceptors (Lipinski definition) is 2. The average molecular weight is 322 g/mol. The summed E-state index contributed by atoms with van der Waals surface area (Å²) in [6, 6.07) is 0.301. The van der Waals surface area contributed by atoms with E-state index in [1.165, 1.54) is 12.8 Å². The van der Waals surface area contributed by atoms with E-state index in [4.69, 9.17) is 5.11 Å². The predicted molar refractivity (Wildman–Crippen MR) is 88.1 cm³/mol. The van der Waals surface area contributed by atoms with Crippen LogP contribution in [0.3, 0.4) is 0 Å². The molecule has 3 aliphatic rings. The molecule has 0 saturated heterocycles. The number of hydrogen-bond donors (Lipinski definition) is 3. The van der Waals surface area contributed by atoms with Crippen molar-refractivity contribution < 1.29 is 14.7 Å². The fourth-order valence-corrected chi connectivity index (χ4v) is 5.29. The van der Waals surface area contributed by atoms with Gasteiger partial charge in [-0.2, -0.15) is 0 Å². The molecular weight excluding hydrogens is 292 g/mol. The van der Waals surface area contributed by atoms with E-state index in [1.54, 1.807) is 0 Å². The first-order chi connectivity index (χ1) is 10.7. The van der Waals surface area contributed by atoms with Gasteiger partial charge < -0.3 is 15.7 Å². The largest absolute Gasteiger partial charge is 0.481 e. The Balaban J connectivity index is 1.51. The van der Waals surface area contributed by atoms with E-state index in [0.717, 1.165) is 19.3 Å². The van der Waals surface area contributed by atoms with Gasteiger partial charge in [-0.25, -0.2) is 4.79 Å². The van der Waals surface area contributed by atoms with E-state index in [1.807, 2.05) is 0 Å². The smallest absolute Gasteiger partial charge is 0.315 e. The maximum atomic E-state index is 12.4. The first kappa shape index (κ1) is 16.6. The highest BCUT2D eigenvalue weighted by Crippen LogP contribution is 2.65. The first-order valence-electron chi connectivity index (χ1n) is 9.04. The van der Waals surface area contributed by atoms with Gasteiger partial charge in [0.1, 0.15) is 0 Å². The Morgan fingerprint density at radius 3 is 2.13 bits per heavy atom. The second kappa shape index (κ2) is 5.67. The molecule has 3 aliphatic carbocycles. The molecule has 0 aromatic heterocycles. The molecule has 3 unspecified atom stereocenters. The molecule has 3 N–H and O–H groups in total. The van der Waals surface area contributed by atoms with Crippen LogP contribution in [-0.4, -0.2) is 29.2 Å². The quantitative estimate of drug-likeness (QED) is 0.747. The maximum absolute atomic E-state index is 12.4. The van der Waals surface area contributed by atoms with Crippen molar-refractivity contribution >= 4 is 12.0 Å². The maximum Gasteiger partial charge on any atom is 0.315 e. The van der Waals surface area contributed by atoms with Gasteiger partial charge in [-0.1, -0.05) is 20.8 Å². The van der Waals surface area contributed by atoms with Crippen LogP contribution in [0.5, 0.6) is 0 Å². The van der Waals surface area contributed by atoms with Gasteiger partial charge in [0.2, 0.25) is 0 Å². The highest BCUT2D eigenvalue weighted by atomic mass is 16.4. The number of aliphatic carboxylic acids is 1. The molecule has 130 valence electrons. The molecule has 0 spiro atoms. The zero-order chi connectivity index (χ0) is 16.8. The summed E-state index contributed by atoms with van der Waals surface area (Å²) in [5, 5.41) is 15.3. The van der Waals surface area contributed by atoms with Crippen molar-refractivity contribution in [3.05, 3.63) is 0 Å². The molecular formula is C18H30N2O3. The number of carbonyl (C=O) groups is 2. The molecule has 0 heterocycles. The van der Waals surface area contributed by atoms with Crippen molar-refractivity contribution in [1.82, 2.24) is 10.6 Å². The standard InChI is InChI=1S/C18H30N2O3/c1-17(2)12-8-9-18(17,3)14(10-12)20-16(23)19-13-6-4-11(5-7-13)15(21)22/h11-14H,4-10H2,1-3H3,(H,21,22)(H2,19,20,23). The zero-order valence-corrected chi connectivity index (χ0v) is 14.5. The molecule has 23 heavy (non-hydrogen) atoms. The van der Waals surface area contributed by atoms with Gasteiger partial charge in [0.05, 0.1) is 5.92 Å². The first-order valence-corrected chi connectivity index (χ1v) is 9.04. The van der Waals surface area contributed by atoms with Crippen molar-refractivity contribution in [2.75, 3.05) is 0 Å². The van der Waals surface area contributed by atoms with Gasteiger partial charge in [0, 0.05) is 12.1 Å². The van der Waals surface area contributed by atoms with Crippen molar-refractivity contribution in [2.24, 2.45) is 22.7 Å². The molecule has 0 aromatic carbocycles. The predicted octanol–water partition coefficient (Wildman–Crippen LogP) is 3.14. The van der Waals surface area contributed by atoms with Gasteiger partial charge in [-0.05, 0) is 61.7 Å². The van der Waals surface area contributed by atoms with Crippen LogP contribution in [0.4, 0.5) is 4.79 Å². The summed E-state index contributed by atoms with van der Waals surface area (Å²) < 4.78 is 0. The number of amides is 2. The third-order valence-electron chi connectivity index (χ3n) is 7.51. The van der Waals surface area contributed by atoms with Crippen molar-refractivity contribution in [2.45, 2.75) is 77.8 Å². The van der Waals surface area contributed by atoms with E-state index in [9.17, 15) is 9.59 Å². The lowest BCUT2D eigenvalue weighted by Gasteiger charge is -2.39. The molecule has 2 bridgehead atoms. The minimum Gasteiger partial charge on any atom is -0.481 e. The Kier molecular flexibility index (Phi) is 4.09. The lowest BCUT2D eigenvalue weighted by molar-refractivity contribution is -0.142. The monoisotopic (exact) mass is 322 g/mol. The minimum atomic E-state index is -0.704. The highest BCUT2D eigenvalue weighted by molar-refractivity contribution is 5.75. The Labute approximate surface area is 138 Å². The van der Waals surface area contributed by atoms with Crippen LogP contribution in [0.25, 0.3) is 0 Å². The summed E-state index contributed by atoms with van der Waals surface area (Å²) in [7, 11) is 0. The molecule has 2 amide bonds. The Morgan fingerprint density at radius 2 is 1.65 bits per heavy atom. The van der Waals surface area contributed by atoms with Crippen LogP contribution in [-0.2, 0) is 4.79 Å². The average Bonchev–Trinajstić information content (AvgIpc) is 2.81. The normalized spacial score (nSPS) is 41.5. The number of fused-ring (bicyclic) bond motifs is 2. The number of carboxylic acids is 1. The van der Waals surface area contributed by atoms with Gasteiger partial charge in [-0.15, -0.1) is 0 Å². The fourth-order valence-electron chi connectivity index (χ4n) is 5.29. The number of urea groups is 1. The number of carbonyl (C=O) groups excluding carboxylic acids is 1. The topological polar surface area (TPSA) is 78.4 Å². The molecule has 5 nitrogen and oxygen atoms in total. The van der Waals surface area contributed by atoms with Crippen molar-refractivity contribution in [3.63, 3.8) is 0 Å². The zero-order valence-electron chi connectivity index (χ0n) is 14.5. The highest BCUT2D eigenvalue weighted by Gasteiger charge is 2.61. The lowest BCUT2D eigenvalue weighted by Crippen LogP contribution is -2.52. The summed E-state index contributed by atoms with van der Waals surface area (Å²) in [5.74, 6) is -0.227. The molecule has 0 aromatic rings. The van der Waals surface area contributed by atoms with Gasteiger partial charge in [-0.3, -0.25) is 4.79 Å². The summed E-state index contributed by atoms with van der Waals surface area (Å²) in [6.45, 7) is 7.01. The Hall–Kier alpha value is -1.26. The summed E-state index contributed by atoms with van der Waals surface area (Å²) in [5.41, 5.74) is 0.487. The van der Waals surface area contributed by atoms with Gasteiger partial charge in [0.25, 0.3) is 0 Å². The van der Waals surface area contributed by atoms with E-state index in [-0.39, 0.29) is 29.4 Å². The second-order valence-electron chi connectivity index (χ2n) is 8.67. The molecule has 0 aliphatic heterocycles. The van der Waals surface area contributed by atoms with Crippen LogP contribution in [0, 0.1) is 22.7 Å². The van der Waals surface area contributed by atoms with Crippen LogP contribution >= 0.6 is 0 Å². The van der Waals surface area contributed by atoms with Crippen LogP contribution in [0.1, 0.15) is 65.7 Å². The Bertz CT molecular complexity index is 496. The van der Waals surface area contributed by atoms with E-state index < -0.39 is 5.97 Å². The summed E-state index contributed by atoms with van der Waals surface area (Å²) in [6.07, 6.45) is 6.42. The minimum absolute atomic E-state index is 0.0710. The van der Waals surface area contributed by atoms with Gasteiger partial charge in [0.15, 0.2) is 0 Å². The van der Waals surface area contributed by atoms with Crippen LogP contribution in [0.15, 0.2) is 0 Å². The van der Waals surface area contributed by atoms with Crippen LogP contribution < -0.4 is 10.6 Å². The molecule has 3 saturated carbocycles. The summed E-state index contributed by atoms with van der Waals surface area (Å²) >= 11 is 0. The van der Waals surface area contributed by atoms with E-state index >= 15 is 0 Å². The molecule has 3 atom stereocenters. The van der Waals surface area contributed by atoms with Crippen LogP contribution in [0.2, 0.25) is 0 Å². The number of carboxylic acid groups (broad SMARTS) is 1. The molecule has 0 radical (unpaired) electrons.